The van der Waals surface area contributed by atoms with Crippen molar-refractivity contribution in [3.05, 3.63) is 65.2 Å². The number of fused-ring (bicyclic) bond motifs is 1. The van der Waals surface area contributed by atoms with Gasteiger partial charge >= 0.3 is 0 Å². The molecule has 2 aromatic carbocycles. The lowest BCUT2D eigenvalue weighted by Crippen LogP contribution is -2.30. The van der Waals surface area contributed by atoms with Gasteiger partial charge in [-0.1, -0.05) is 24.3 Å². The molecule has 0 amide bonds. The number of ether oxygens (including phenoxy) is 1. The number of rotatable bonds is 2. The van der Waals surface area contributed by atoms with E-state index in [1.165, 1.54) is 12.1 Å². The third-order valence-electron chi connectivity index (χ3n) is 3.62. The van der Waals surface area contributed by atoms with Crippen LogP contribution in [0.3, 0.4) is 0 Å². The van der Waals surface area contributed by atoms with Crippen LogP contribution >= 0.6 is 0 Å². The molecule has 0 N–H and O–H groups in total. The van der Waals surface area contributed by atoms with E-state index in [1.807, 2.05) is 31.2 Å². The van der Waals surface area contributed by atoms with Gasteiger partial charge in [0.1, 0.15) is 23.5 Å². The molecule has 2 nitrogen and oxygen atoms in total. The summed E-state index contributed by atoms with van der Waals surface area (Å²) in [7, 11) is 0. The van der Waals surface area contributed by atoms with E-state index in [1.54, 1.807) is 0 Å². The Kier molecular flexibility index (Phi) is 3.88. The van der Waals surface area contributed by atoms with Crippen molar-refractivity contribution in [2.24, 2.45) is 0 Å². The fraction of sp³-hybridized carbons (Fsp3) is 0.294. The topological polar surface area (TPSA) is 12.5 Å². The van der Waals surface area contributed by atoms with Crippen molar-refractivity contribution in [1.29, 1.82) is 0 Å². The van der Waals surface area contributed by atoms with Gasteiger partial charge in [0.25, 0.3) is 0 Å². The first kappa shape index (κ1) is 14.0. The first-order chi connectivity index (χ1) is 10.1. The molecule has 4 heteroatoms. The molecule has 0 saturated carbocycles. The van der Waals surface area contributed by atoms with Gasteiger partial charge in [0.2, 0.25) is 0 Å². The van der Waals surface area contributed by atoms with E-state index in [0.29, 0.717) is 25.2 Å². The Hall–Kier alpha value is -1.94. The van der Waals surface area contributed by atoms with Crippen LogP contribution in [0.1, 0.15) is 18.1 Å². The third kappa shape index (κ3) is 3.22. The van der Waals surface area contributed by atoms with Gasteiger partial charge in [0, 0.05) is 36.8 Å². The fourth-order valence-corrected chi connectivity index (χ4v) is 2.68. The largest absolute Gasteiger partial charge is 0.489 e. The van der Waals surface area contributed by atoms with Crippen molar-refractivity contribution in [2.45, 2.75) is 26.1 Å². The summed E-state index contributed by atoms with van der Waals surface area (Å²) in [4.78, 5) is 2.12. The predicted molar refractivity (Wildman–Crippen MR) is 77.0 cm³/mol. The van der Waals surface area contributed by atoms with Crippen LogP contribution in [0.2, 0.25) is 0 Å². The molecule has 1 atom stereocenters. The highest BCUT2D eigenvalue weighted by Gasteiger charge is 2.20. The number of hydrogen-bond acceptors (Lipinski definition) is 2. The van der Waals surface area contributed by atoms with Gasteiger partial charge < -0.3 is 4.74 Å². The second-order valence-corrected chi connectivity index (χ2v) is 5.44. The van der Waals surface area contributed by atoms with Gasteiger partial charge in [-0.2, -0.15) is 0 Å². The van der Waals surface area contributed by atoms with Gasteiger partial charge in [-0.15, -0.1) is 0 Å². The zero-order valence-corrected chi connectivity index (χ0v) is 11.9. The SMILES string of the molecule is CC1CN(Cc2ccc(F)cc2F)Cc2ccccc2O1. The van der Waals surface area contributed by atoms with Crippen LogP contribution in [-0.2, 0) is 13.1 Å². The van der Waals surface area contributed by atoms with E-state index in [2.05, 4.69) is 4.90 Å². The van der Waals surface area contributed by atoms with Crippen molar-refractivity contribution in [3.8, 4) is 5.75 Å². The summed E-state index contributed by atoms with van der Waals surface area (Å²) < 4.78 is 32.7. The lowest BCUT2D eigenvalue weighted by Gasteiger charge is -2.22. The third-order valence-corrected chi connectivity index (χ3v) is 3.62. The van der Waals surface area contributed by atoms with Gasteiger partial charge in [-0.25, -0.2) is 8.78 Å². The molecular weight excluding hydrogens is 272 g/mol. The average Bonchev–Trinajstić information content (AvgIpc) is 2.59. The maximum atomic E-state index is 13.8. The molecule has 1 aliphatic heterocycles. The van der Waals surface area contributed by atoms with E-state index in [4.69, 9.17) is 4.74 Å². The van der Waals surface area contributed by atoms with Gasteiger partial charge in [0.05, 0.1) is 0 Å². The Morgan fingerprint density at radius 1 is 1.19 bits per heavy atom. The summed E-state index contributed by atoms with van der Waals surface area (Å²) >= 11 is 0. The molecular formula is C17H17F2NO. The number of para-hydroxylation sites is 1. The zero-order valence-electron chi connectivity index (χ0n) is 11.9. The molecule has 0 aliphatic carbocycles. The quantitative estimate of drug-likeness (QED) is 0.835. The van der Waals surface area contributed by atoms with E-state index >= 15 is 0 Å². The van der Waals surface area contributed by atoms with Gasteiger partial charge in [-0.05, 0) is 19.1 Å². The summed E-state index contributed by atoms with van der Waals surface area (Å²) in [6.45, 7) is 3.83. The highest BCUT2D eigenvalue weighted by atomic mass is 19.1. The Balaban J connectivity index is 1.82. The molecule has 1 unspecified atom stereocenters. The summed E-state index contributed by atoms with van der Waals surface area (Å²) in [5, 5.41) is 0. The highest BCUT2D eigenvalue weighted by Crippen LogP contribution is 2.26. The number of halogens is 2. The fourth-order valence-electron chi connectivity index (χ4n) is 2.68. The normalized spacial score (nSPS) is 18.7. The number of nitrogens with zero attached hydrogens (tertiary/aromatic N) is 1. The molecule has 3 rings (SSSR count). The van der Waals surface area contributed by atoms with Crippen LogP contribution in [0, 0.1) is 11.6 Å². The standard InChI is InChI=1S/C17H17F2NO/c1-12-9-20(10-13-6-7-15(18)8-16(13)19)11-14-4-2-3-5-17(14)21-12/h2-8,12H,9-11H2,1H3. The predicted octanol–water partition coefficient (Wildman–Crippen LogP) is 3.75. The molecule has 0 fully saturated rings. The van der Waals surface area contributed by atoms with Crippen LogP contribution in [0.25, 0.3) is 0 Å². The Morgan fingerprint density at radius 2 is 2.00 bits per heavy atom. The zero-order chi connectivity index (χ0) is 14.8. The first-order valence-corrected chi connectivity index (χ1v) is 7.02. The van der Waals surface area contributed by atoms with E-state index in [0.717, 1.165) is 17.4 Å². The number of benzene rings is 2. The molecule has 0 radical (unpaired) electrons. The molecule has 1 aliphatic rings. The lowest BCUT2D eigenvalue weighted by atomic mass is 10.1. The van der Waals surface area contributed by atoms with Crippen LogP contribution in [0.15, 0.2) is 42.5 Å². The van der Waals surface area contributed by atoms with Crippen molar-refractivity contribution < 1.29 is 13.5 Å². The van der Waals surface area contributed by atoms with Crippen LogP contribution < -0.4 is 4.74 Å². The van der Waals surface area contributed by atoms with E-state index in [9.17, 15) is 8.78 Å². The Labute approximate surface area is 123 Å². The molecule has 0 saturated heterocycles. The Bertz CT molecular complexity index is 644. The first-order valence-electron chi connectivity index (χ1n) is 7.02. The van der Waals surface area contributed by atoms with Crippen molar-refractivity contribution >= 4 is 0 Å². The smallest absolute Gasteiger partial charge is 0.130 e. The molecule has 0 bridgehead atoms. The molecule has 21 heavy (non-hydrogen) atoms. The molecule has 0 spiro atoms. The molecule has 1 heterocycles. The minimum absolute atomic E-state index is 0.0251. The summed E-state index contributed by atoms with van der Waals surface area (Å²) in [5.74, 6) is -0.164. The number of hydrogen-bond donors (Lipinski definition) is 0. The molecule has 2 aromatic rings. The van der Waals surface area contributed by atoms with Crippen LogP contribution in [0.5, 0.6) is 5.75 Å². The average molecular weight is 289 g/mol. The maximum absolute atomic E-state index is 13.8. The van der Waals surface area contributed by atoms with Crippen LogP contribution in [0.4, 0.5) is 8.78 Å². The van der Waals surface area contributed by atoms with Crippen LogP contribution in [-0.4, -0.2) is 17.5 Å². The second-order valence-electron chi connectivity index (χ2n) is 5.44. The monoisotopic (exact) mass is 289 g/mol. The summed E-state index contributed by atoms with van der Waals surface area (Å²) in [5.41, 5.74) is 1.59. The van der Waals surface area contributed by atoms with E-state index < -0.39 is 11.6 Å². The molecule has 0 aromatic heterocycles. The minimum atomic E-state index is -0.547. The van der Waals surface area contributed by atoms with Crippen molar-refractivity contribution in [1.82, 2.24) is 4.90 Å². The maximum Gasteiger partial charge on any atom is 0.130 e. The minimum Gasteiger partial charge on any atom is -0.489 e. The van der Waals surface area contributed by atoms with Crippen molar-refractivity contribution in [3.63, 3.8) is 0 Å². The summed E-state index contributed by atoms with van der Waals surface area (Å²) in [6, 6.07) is 11.6. The molecule has 110 valence electrons. The van der Waals surface area contributed by atoms with E-state index in [-0.39, 0.29) is 6.10 Å². The summed E-state index contributed by atoms with van der Waals surface area (Å²) in [6.07, 6.45) is 0.0251. The highest BCUT2D eigenvalue weighted by molar-refractivity contribution is 5.34. The lowest BCUT2D eigenvalue weighted by molar-refractivity contribution is 0.155. The van der Waals surface area contributed by atoms with Gasteiger partial charge in [-0.3, -0.25) is 4.90 Å². The Morgan fingerprint density at radius 3 is 2.81 bits per heavy atom. The second kappa shape index (κ2) is 5.82. The van der Waals surface area contributed by atoms with Gasteiger partial charge in [0.15, 0.2) is 0 Å². The van der Waals surface area contributed by atoms with Crippen molar-refractivity contribution in [2.75, 3.05) is 6.54 Å².